The van der Waals surface area contributed by atoms with Gasteiger partial charge in [0.15, 0.2) is 0 Å². The Morgan fingerprint density at radius 3 is 2.80 bits per heavy atom. The fraction of sp³-hybridized carbons (Fsp3) is 0.500. The van der Waals surface area contributed by atoms with Gasteiger partial charge in [-0.05, 0) is 57.2 Å². The van der Waals surface area contributed by atoms with E-state index in [9.17, 15) is 0 Å². The summed E-state index contributed by atoms with van der Waals surface area (Å²) >= 11 is 6.77. The van der Waals surface area contributed by atoms with E-state index in [0.717, 1.165) is 28.2 Å². The zero-order valence-corrected chi connectivity index (χ0v) is 11.3. The summed E-state index contributed by atoms with van der Waals surface area (Å²) in [5.41, 5.74) is 5.82. The van der Waals surface area contributed by atoms with Crippen LogP contribution in [0.1, 0.15) is 19.3 Å². The number of rotatable bonds is 2. The van der Waals surface area contributed by atoms with E-state index in [1.807, 2.05) is 6.07 Å². The maximum absolute atomic E-state index is 5.82. The highest BCUT2D eigenvalue weighted by Crippen LogP contribution is 2.29. The molecule has 1 aliphatic carbocycles. The summed E-state index contributed by atoms with van der Waals surface area (Å²) in [5, 5.41) is 0. The Balaban J connectivity index is 2.04. The zero-order chi connectivity index (χ0) is 10.8. The van der Waals surface area contributed by atoms with Gasteiger partial charge in [0, 0.05) is 16.7 Å². The molecule has 0 saturated heterocycles. The highest BCUT2D eigenvalue weighted by Gasteiger charge is 2.24. The van der Waals surface area contributed by atoms with Crippen LogP contribution in [0.2, 0.25) is 0 Å². The number of aromatic nitrogens is 1. The maximum Gasteiger partial charge on any atom is 0.228 e. The summed E-state index contributed by atoms with van der Waals surface area (Å²) in [6.07, 6.45) is 4.92. The Kier molecular flexibility index (Phi) is 3.64. The molecular weight excluding hydrogens is 324 g/mol. The van der Waals surface area contributed by atoms with Crippen molar-refractivity contribution >= 4 is 31.9 Å². The van der Waals surface area contributed by atoms with Crippen LogP contribution in [0, 0.1) is 0 Å². The van der Waals surface area contributed by atoms with Gasteiger partial charge in [-0.25, -0.2) is 4.98 Å². The molecule has 0 bridgehead atoms. The van der Waals surface area contributed by atoms with Gasteiger partial charge >= 0.3 is 0 Å². The van der Waals surface area contributed by atoms with Crippen molar-refractivity contribution < 1.29 is 4.74 Å². The lowest BCUT2D eigenvalue weighted by atomic mass is 10.3. The zero-order valence-electron chi connectivity index (χ0n) is 8.12. The molecule has 1 heterocycles. The van der Waals surface area contributed by atoms with Crippen molar-refractivity contribution in [1.29, 1.82) is 0 Å². The molecule has 1 fully saturated rings. The Morgan fingerprint density at radius 2 is 2.20 bits per heavy atom. The Hall–Kier alpha value is -0.130. The lowest BCUT2D eigenvalue weighted by Gasteiger charge is -2.13. The lowest BCUT2D eigenvalue weighted by Crippen LogP contribution is -2.19. The summed E-state index contributed by atoms with van der Waals surface area (Å²) < 4.78 is 7.58. The van der Waals surface area contributed by atoms with Crippen LogP contribution in [0.3, 0.4) is 0 Å². The molecule has 2 atom stereocenters. The number of halogens is 2. The molecule has 1 aromatic rings. The number of ether oxygens (including phenoxy) is 1. The van der Waals surface area contributed by atoms with E-state index in [0.29, 0.717) is 5.88 Å². The Labute approximate surface area is 106 Å². The Morgan fingerprint density at radius 1 is 1.40 bits per heavy atom. The molecule has 1 aromatic heterocycles. The quantitative estimate of drug-likeness (QED) is 0.904. The molecule has 0 aromatic carbocycles. The monoisotopic (exact) mass is 334 g/mol. The normalized spacial score (nSPS) is 25.5. The molecule has 2 N–H and O–H groups in total. The SMILES string of the molecule is NC1CCC(Oc2ncc(Br)cc2Br)C1. The van der Waals surface area contributed by atoms with Crippen molar-refractivity contribution in [3.63, 3.8) is 0 Å². The van der Waals surface area contributed by atoms with Gasteiger partial charge < -0.3 is 10.5 Å². The highest BCUT2D eigenvalue weighted by molar-refractivity contribution is 9.11. The maximum atomic E-state index is 5.82. The van der Waals surface area contributed by atoms with Crippen LogP contribution >= 0.6 is 31.9 Å². The van der Waals surface area contributed by atoms with Crippen LogP contribution in [0.5, 0.6) is 5.88 Å². The van der Waals surface area contributed by atoms with Gasteiger partial charge in [0.05, 0.1) is 4.47 Å². The number of nitrogens with two attached hydrogens (primary N) is 1. The number of nitrogens with zero attached hydrogens (tertiary/aromatic N) is 1. The smallest absolute Gasteiger partial charge is 0.228 e. The van der Waals surface area contributed by atoms with Gasteiger partial charge in [0.2, 0.25) is 5.88 Å². The van der Waals surface area contributed by atoms with Gasteiger partial charge in [-0.15, -0.1) is 0 Å². The van der Waals surface area contributed by atoms with Gasteiger partial charge in [-0.2, -0.15) is 0 Å². The standard InChI is InChI=1S/C10H12Br2N2O/c11-6-3-9(12)10(14-5-6)15-8-2-1-7(13)4-8/h3,5,7-8H,1-2,4,13H2. The molecule has 2 unspecified atom stereocenters. The summed E-state index contributed by atoms with van der Waals surface area (Å²) in [6, 6.07) is 2.21. The second kappa shape index (κ2) is 4.80. The molecular formula is C10H12Br2N2O. The molecule has 0 amide bonds. The van der Waals surface area contributed by atoms with Gasteiger partial charge in [0.1, 0.15) is 6.10 Å². The van der Waals surface area contributed by atoms with Crippen molar-refractivity contribution in [2.45, 2.75) is 31.4 Å². The summed E-state index contributed by atoms with van der Waals surface area (Å²) in [7, 11) is 0. The van der Waals surface area contributed by atoms with Crippen molar-refractivity contribution in [3.05, 3.63) is 21.2 Å². The fourth-order valence-electron chi connectivity index (χ4n) is 1.73. The van der Waals surface area contributed by atoms with E-state index in [-0.39, 0.29) is 12.1 Å². The average Bonchev–Trinajstić information content (AvgIpc) is 2.56. The van der Waals surface area contributed by atoms with Gasteiger partial charge in [-0.3, -0.25) is 0 Å². The molecule has 5 heteroatoms. The molecule has 0 aliphatic heterocycles. The molecule has 0 radical (unpaired) electrons. The number of hydrogen-bond donors (Lipinski definition) is 1. The average molecular weight is 336 g/mol. The first-order chi connectivity index (χ1) is 7.15. The second-order valence-electron chi connectivity index (χ2n) is 3.75. The highest BCUT2D eigenvalue weighted by atomic mass is 79.9. The molecule has 0 spiro atoms. The van der Waals surface area contributed by atoms with Crippen LogP contribution in [-0.4, -0.2) is 17.1 Å². The third kappa shape index (κ3) is 2.92. The van der Waals surface area contributed by atoms with Crippen molar-refractivity contribution in [3.8, 4) is 5.88 Å². The van der Waals surface area contributed by atoms with Crippen LogP contribution in [0.25, 0.3) is 0 Å². The fourth-order valence-corrected chi connectivity index (χ4v) is 2.81. The van der Waals surface area contributed by atoms with Crippen molar-refractivity contribution in [2.75, 3.05) is 0 Å². The predicted octanol–water partition coefficient (Wildman–Crippen LogP) is 2.87. The van der Waals surface area contributed by atoms with Crippen LogP contribution in [0.4, 0.5) is 0 Å². The van der Waals surface area contributed by atoms with Crippen molar-refractivity contribution in [1.82, 2.24) is 4.98 Å². The van der Waals surface area contributed by atoms with E-state index >= 15 is 0 Å². The minimum atomic E-state index is 0.213. The summed E-state index contributed by atoms with van der Waals surface area (Å²) in [6.45, 7) is 0. The van der Waals surface area contributed by atoms with E-state index in [4.69, 9.17) is 10.5 Å². The van der Waals surface area contributed by atoms with Gasteiger partial charge in [-0.1, -0.05) is 0 Å². The molecule has 1 aliphatic rings. The minimum absolute atomic E-state index is 0.213. The lowest BCUT2D eigenvalue weighted by molar-refractivity contribution is 0.198. The van der Waals surface area contributed by atoms with Gasteiger partial charge in [0.25, 0.3) is 0 Å². The van der Waals surface area contributed by atoms with Crippen LogP contribution in [0.15, 0.2) is 21.2 Å². The molecule has 1 saturated carbocycles. The van der Waals surface area contributed by atoms with E-state index < -0.39 is 0 Å². The summed E-state index contributed by atoms with van der Waals surface area (Å²) in [5.74, 6) is 0.650. The topological polar surface area (TPSA) is 48.1 Å². The number of pyridine rings is 1. The molecule has 82 valence electrons. The Bertz CT molecular complexity index is 359. The first kappa shape index (κ1) is 11.4. The second-order valence-corrected chi connectivity index (χ2v) is 5.52. The summed E-state index contributed by atoms with van der Waals surface area (Å²) in [4.78, 5) is 4.21. The minimum Gasteiger partial charge on any atom is -0.473 e. The van der Waals surface area contributed by atoms with Crippen molar-refractivity contribution in [2.24, 2.45) is 5.73 Å². The van der Waals surface area contributed by atoms with Crippen LogP contribution in [-0.2, 0) is 0 Å². The third-order valence-corrected chi connectivity index (χ3v) is 3.48. The first-order valence-electron chi connectivity index (χ1n) is 4.88. The number of hydrogen-bond acceptors (Lipinski definition) is 3. The van der Waals surface area contributed by atoms with Crippen LogP contribution < -0.4 is 10.5 Å². The molecule has 15 heavy (non-hydrogen) atoms. The molecule has 2 rings (SSSR count). The third-order valence-electron chi connectivity index (χ3n) is 2.48. The largest absolute Gasteiger partial charge is 0.473 e. The molecule has 3 nitrogen and oxygen atoms in total. The van der Waals surface area contributed by atoms with E-state index in [1.54, 1.807) is 6.20 Å². The first-order valence-corrected chi connectivity index (χ1v) is 6.47. The van der Waals surface area contributed by atoms with E-state index in [2.05, 4.69) is 36.8 Å². The van der Waals surface area contributed by atoms with E-state index in [1.165, 1.54) is 0 Å². The predicted molar refractivity (Wildman–Crippen MR) is 65.9 cm³/mol.